The van der Waals surface area contributed by atoms with Gasteiger partial charge >= 0.3 is 0 Å². The molecule has 23 heavy (non-hydrogen) atoms. The molecule has 2 aromatic carbocycles. The molecule has 0 aliphatic carbocycles. The third-order valence-electron chi connectivity index (χ3n) is 5.46. The number of anilines is 1. The first-order valence-corrected chi connectivity index (χ1v) is 8.94. The topological polar surface area (TPSA) is 24.1 Å². The number of hydrogen-bond acceptors (Lipinski definition) is 2. The van der Waals surface area contributed by atoms with Crippen molar-refractivity contribution in [2.75, 3.05) is 18.4 Å². The zero-order chi connectivity index (χ0) is 15.8. The summed E-state index contributed by atoms with van der Waals surface area (Å²) in [5.74, 6) is 1.23. The lowest BCUT2D eigenvalue weighted by molar-refractivity contribution is 0.579. The van der Waals surface area contributed by atoms with E-state index < -0.39 is 0 Å². The minimum atomic E-state index is 0.588. The molecule has 2 atom stereocenters. The van der Waals surface area contributed by atoms with E-state index in [0.717, 1.165) is 13.1 Å². The van der Waals surface area contributed by atoms with E-state index in [2.05, 4.69) is 66.9 Å². The maximum absolute atomic E-state index is 3.78. The van der Waals surface area contributed by atoms with E-state index in [1.54, 1.807) is 5.56 Å². The number of rotatable bonds is 2. The first-order valence-electron chi connectivity index (χ1n) is 8.94. The molecule has 4 rings (SSSR count). The molecule has 1 fully saturated rings. The van der Waals surface area contributed by atoms with Gasteiger partial charge in [0, 0.05) is 17.6 Å². The summed E-state index contributed by atoms with van der Waals surface area (Å²) in [6, 6.07) is 16.5. The third kappa shape index (κ3) is 2.66. The summed E-state index contributed by atoms with van der Waals surface area (Å²) >= 11 is 0. The van der Waals surface area contributed by atoms with Crippen molar-refractivity contribution in [2.45, 2.75) is 44.6 Å². The Balaban J connectivity index is 1.75. The second-order valence-electron chi connectivity index (χ2n) is 7.23. The van der Waals surface area contributed by atoms with Crippen molar-refractivity contribution >= 4 is 5.69 Å². The molecule has 2 heterocycles. The Labute approximate surface area is 139 Å². The third-order valence-corrected chi connectivity index (χ3v) is 5.46. The molecular weight excluding hydrogens is 280 g/mol. The predicted molar refractivity (Wildman–Crippen MR) is 98.2 cm³/mol. The molecule has 0 spiro atoms. The molecule has 2 aromatic rings. The van der Waals surface area contributed by atoms with Gasteiger partial charge in [-0.2, -0.15) is 0 Å². The molecule has 2 aliphatic rings. The minimum Gasteiger partial charge on any atom is -0.381 e. The highest BCUT2D eigenvalue weighted by atomic mass is 15.0. The fraction of sp³-hybridized carbons (Fsp3) is 0.429. The summed E-state index contributed by atoms with van der Waals surface area (Å²) in [5, 5.41) is 7.32. The average molecular weight is 306 g/mol. The largest absolute Gasteiger partial charge is 0.381 e. The SMILES string of the molecule is CC(C)c1ccc(-c2cccc3c2[C@H]2CCNCC[C@@H]2N3)cc1. The van der Waals surface area contributed by atoms with Crippen LogP contribution in [0.15, 0.2) is 42.5 Å². The Bertz CT molecular complexity index is 687. The quantitative estimate of drug-likeness (QED) is 0.837. The van der Waals surface area contributed by atoms with E-state index in [4.69, 9.17) is 0 Å². The van der Waals surface area contributed by atoms with Crippen molar-refractivity contribution in [2.24, 2.45) is 0 Å². The Morgan fingerprint density at radius 1 is 0.957 bits per heavy atom. The second-order valence-corrected chi connectivity index (χ2v) is 7.23. The van der Waals surface area contributed by atoms with Gasteiger partial charge < -0.3 is 10.6 Å². The lowest BCUT2D eigenvalue weighted by atomic mass is 9.85. The summed E-state index contributed by atoms with van der Waals surface area (Å²) in [6.45, 7) is 6.76. The molecule has 0 unspecified atom stereocenters. The van der Waals surface area contributed by atoms with Crippen LogP contribution in [0.5, 0.6) is 0 Å². The van der Waals surface area contributed by atoms with Crippen LogP contribution in [0, 0.1) is 0 Å². The Morgan fingerprint density at radius 3 is 2.52 bits per heavy atom. The summed E-state index contributed by atoms with van der Waals surface area (Å²) < 4.78 is 0. The van der Waals surface area contributed by atoms with Crippen molar-refractivity contribution < 1.29 is 0 Å². The predicted octanol–water partition coefficient (Wildman–Crippen LogP) is 4.74. The standard InChI is InChI=1S/C21H26N2/c1-14(2)15-6-8-16(9-7-15)17-4-3-5-20-21(17)18-10-12-22-13-11-19(18)23-20/h3-9,14,18-19,22-23H,10-13H2,1-2H3/t18-,19-/m0/s1. The van der Waals surface area contributed by atoms with Crippen molar-refractivity contribution in [3.05, 3.63) is 53.6 Å². The van der Waals surface area contributed by atoms with Crippen LogP contribution in [0.2, 0.25) is 0 Å². The van der Waals surface area contributed by atoms with Crippen LogP contribution in [0.1, 0.15) is 49.7 Å². The molecule has 0 aromatic heterocycles. The summed E-state index contributed by atoms with van der Waals surface area (Å²) in [4.78, 5) is 0. The molecule has 120 valence electrons. The fourth-order valence-corrected chi connectivity index (χ4v) is 4.15. The molecular formula is C21H26N2. The van der Waals surface area contributed by atoms with Crippen LogP contribution in [-0.2, 0) is 0 Å². The Hall–Kier alpha value is -1.80. The van der Waals surface area contributed by atoms with E-state index in [-0.39, 0.29) is 0 Å². The second kappa shape index (κ2) is 6.01. The molecule has 1 saturated heterocycles. The van der Waals surface area contributed by atoms with Crippen molar-refractivity contribution in [1.29, 1.82) is 0 Å². The van der Waals surface area contributed by atoms with Gasteiger partial charge in [0.1, 0.15) is 0 Å². The van der Waals surface area contributed by atoms with Gasteiger partial charge in [-0.3, -0.25) is 0 Å². The molecule has 2 aliphatic heterocycles. The zero-order valence-electron chi connectivity index (χ0n) is 14.1. The monoisotopic (exact) mass is 306 g/mol. The highest BCUT2D eigenvalue weighted by Crippen LogP contribution is 2.45. The van der Waals surface area contributed by atoms with Crippen LogP contribution in [0.3, 0.4) is 0 Å². The maximum Gasteiger partial charge on any atom is 0.0384 e. The highest BCUT2D eigenvalue weighted by Gasteiger charge is 2.34. The minimum absolute atomic E-state index is 0.588. The first-order chi connectivity index (χ1) is 11.2. The van der Waals surface area contributed by atoms with Gasteiger partial charge in [-0.25, -0.2) is 0 Å². The molecule has 0 saturated carbocycles. The summed E-state index contributed by atoms with van der Waals surface area (Å²) in [6.07, 6.45) is 2.44. The molecule has 2 nitrogen and oxygen atoms in total. The normalized spacial score (nSPS) is 23.1. The van der Waals surface area contributed by atoms with Crippen molar-refractivity contribution in [3.63, 3.8) is 0 Å². The van der Waals surface area contributed by atoms with E-state index in [0.29, 0.717) is 17.9 Å². The molecule has 0 radical (unpaired) electrons. The smallest absolute Gasteiger partial charge is 0.0384 e. The van der Waals surface area contributed by atoms with Crippen molar-refractivity contribution in [3.8, 4) is 11.1 Å². The van der Waals surface area contributed by atoms with Gasteiger partial charge in [0.05, 0.1) is 0 Å². The average Bonchev–Trinajstić information content (AvgIpc) is 2.76. The van der Waals surface area contributed by atoms with E-state index in [1.165, 1.54) is 35.2 Å². The highest BCUT2D eigenvalue weighted by molar-refractivity contribution is 5.77. The van der Waals surface area contributed by atoms with Crippen LogP contribution in [0.4, 0.5) is 5.69 Å². The van der Waals surface area contributed by atoms with Crippen LogP contribution in [-0.4, -0.2) is 19.1 Å². The molecule has 0 bridgehead atoms. The lowest BCUT2D eigenvalue weighted by Gasteiger charge is -2.18. The van der Waals surface area contributed by atoms with Gasteiger partial charge in [-0.05, 0) is 60.2 Å². The first kappa shape index (κ1) is 14.8. The molecule has 0 amide bonds. The number of fused-ring (bicyclic) bond motifs is 3. The summed E-state index contributed by atoms with van der Waals surface area (Å²) in [7, 11) is 0. The number of hydrogen-bond donors (Lipinski definition) is 2. The van der Waals surface area contributed by atoms with Crippen LogP contribution < -0.4 is 10.6 Å². The van der Waals surface area contributed by atoms with E-state index in [9.17, 15) is 0 Å². The van der Waals surface area contributed by atoms with Crippen LogP contribution >= 0.6 is 0 Å². The molecule has 2 heteroatoms. The number of benzene rings is 2. The number of nitrogens with one attached hydrogen (secondary N) is 2. The molecule has 2 N–H and O–H groups in total. The maximum atomic E-state index is 3.78. The van der Waals surface area contributed by atoms with Gasteiger partial charge in [-0.15, -0.1) is 0 Å². The van der Waals surface area contributed by atoms with Crippen LogP contribution in [0.25, 0.3) is 11.1 Å². The zero-order valence-corrected chi connectivity index (χ0v) is 14.1. The van der Waals surface area contributed by atoms with Gasteiger partial charge in [0.2, 0.25) is 0 Å². The van der Waals surface area contributed by atoms with Gasteiger partial charge in [-0.1, -0.05) is 50.2 Å². The van der Waals surface area contributed by atoms with Crippen molar-refractivity contribution in [1.82, 2.24) is 5.32 Å². The fourth-order valence-electron chi connectivity index (χ4n) is 4.15. The summed E-state index contributed by atoms with van der Waals surface area (Å²) in [5.41, 5.74) is 7.08. The van der Waals surface area contributed by atoms with E-state index >= 15 is 0 Å². The Morgan fingerprint density at radius 2 is 1.74 bits per heavy atom. The van der Waals surface area contributed by atoms with Gasteiger partial charge in [0.15, 0.2) is 0 Å². The van der Waals surface area contributed by atoms with E-state index in [1.807, 2.05) is 0 Å². The Kier molecular flexibility index (Phi) is 3.86. The van der Waals surface area contributed by atoms with Gasteiger partial charge in [0.25, 0.3) is 0 Å². The lowest BCUT2D eigenvalue weighted by Crippen LogP contribution is -2.21.